The minimum absolute atomic E-state index is 0.0983. The molecule has 0 atom stereocenters. The van der Waals surface area contributed by atoms with Crippen LogP contribution in [0, 0.1) is 10.1 Å². The predicted octanol–water partition coefficient (Wildman–Crippen LogP) is 1.13. The summed E-state index contributed by atoms with van der Waals surface area (Å²) in [6, 6.07) is 0. The summed E-state index contributed by atoms with van der Waals surface area (Å²) in [6.45, 7) is 6.75. The molecule has 0 aromatic carbocycles. The molecule has 8 nitrogen and oxygen atoms in total. The van der Waals surface area contributed by atoms with E-state index in [9.17, 15) is 14.9 Å². The van der Waals surface area contributed by atoms with Gasteiger partial charge in [0.25, 0.3) is 0 Å². The summed E-state index contributed by atoms with van der Waals surface area (Å²) in [7, 11) is 1.58. The van der Waals surface area contributed by atoms with Crippen molar-refractivity contribution >= 4 is 17.4 Å². The third-order valence-electron chi connectivity index (χ3n) is 2.82. The fourth-order valence-electron chi connectivity index (χ4n) is 1.60. The van der Waals surface area contributed by atoms with Crippen molar-refractivity contribution in [3.63, 3.8) is 0 Å². The van der Waals surface area contributed by atoms with Crippen LogP contribution in [0.5, 0.6) is 0 Å². The first kappa shape index (κ1) is 14.9. The van der Waals surface area contributed by atoms with Crippen LogP contribution < -0.4 is 11.1 Å². The second kappa shape index (κ2) is 4.87. The van der Waals surface area contributed by atoms with E-state index in [4.69, 9.17) is 5.73 Å². The highest BCUT2D eigenvalue weighted by Crippen LogP contribution is 2.34. The van der Waals surface area contributed by atoms with Crippen LogP contribution in [0.4, 0.5) is 11.5 Å². The third-order valence-corrected chi connectivity index (χ3v) is 2.82. The van der Waals surface area contributed by atoms with Crippen LogP contribution in [-0.2, 0) is 11.8 Å². The van der Waals surface area contributed by atoms with Crippen LogP contribution in [0.25, 0.3) is 0 Å². The van der Waals surface area contributed by atoms with E-state index in [2.05, 4.69) is 10.4 Å². The number of carbonyl (C=O) groups is 1. The lowest BCUT2D eigenvalue weighted by atomic mass is 10.0. The van der Waals surface area contributed by atoms with Gasteiger partial charge in [-0.25, -0.2) is 4.68 Å². The number of nitro groups is 1. The highest BCUT2D eigenvalue weighted by atomic mass is 16.6. The minimum atomic E-state index is -1.10. The number of carbonyl (C=O) groups excluding carboxylic acids is 1. The first-order chi connectivity index (χ1) is 8.58. The first-order valence-electron chi connectivity index (χ1n) is 5.87. The van der Waals surface area contributed by atoms with Gasteiger partial charge < -0.3 is 11.1 Å². The minimum Gasteiger partial charge on any atom is -0.368 e. The molecule has 106 valence electrons. The zero-order chi connectivity index (χ0) is 15.0. The summed E-state index contributed by atoms with van der Waals surface area (Å²) >= 11 is 0. The Morgan fingerprint density at radius 2 is 2.05 bits per heavy atom. The highest BCUT2D eigenvalue weighted by Gasteiger charge is 2.34. The maximum Gasteiger partial charge on any atom is 0.334 e. The lowest BCUT2D eigenvalue weighted by Crippen LogP contribution is -2.45. The molecule has 0 spiro atoms. The topological polar surface area (TPSA) is 116 Å². The Hall–Kier alpha value is -2.12. The Morgan fingerprint density at radius 1 is 1.53 bits per heavy atom. The van der Waals surface area contributed by atoms with E-state index in [-0.39, 0.29) is 17.4 Å². The van der Waals surface area contributed by atoms with E-state index in [1.54, 1.807) is 20.9 Å². The smallest absolute Gasteiger partial charge is 0.334 e. The summed E-state index contributed by atoms with van der Waals surface area (Å²) in [6.07, 6.45) is 0. The van der Waals surface area contributed by atoms with Gasteiger partial charge in [0.15, 0.2) is 0 Å². The van der Waals surface area contributed by atoms with Gasteiger partial charge in [-0.05, 0) is 13.8 Å². The maximum atomic E-state index is 11.3. The van der Waals surface area contributed by atoms with Crippen LogP contribution in [0.15, 0.2) is 0 Å². The number of aromatic nitrogens is 2. The second-order valence-electron chi connectivity index (χ2n) is 5.23. The van der Waals surface area contributed by atoms with E-state index in [1.165, 1.54) is 4.68 Å². The van der Waals surface area contributed by atoms with Crippen LogP contribution in [0.3, 0.4) is 0 Å². The number of hydrogen-bond acceptors (Lipinski definition) is 5. The molecular weight excluding hydrogens is 250 g/mol. The van der Waals surface area contributed by atoms with Gasteiger partial charge in [0.05, 0.1) is 4.92 Å². The van der Waals surface area contributed by atoms with Crippen molar-refractivity contribution in [3.05, 3.63) is 15.8 Å². The average Bonchev–Trinajstić information content (AvgIpc) is 2.55. The lowest BCUT2D eigenvalue weighted by Gasteiger charge is -2.22. The van der Waals surface area contributed by atoms with Gasteiger partial charge in [-0.3, -0.25) is 14.9 Å². The van der Waals surface area contributed by atoms with Gasteiger partial charge in [0.1, 0.15) is 11.2 Å². The number of primary amides is 1. The molecule has 19 heavy (non-hydrogen) atoms. The molecule has 1 rings (SSSR count). The number of aryl methyl sites for hydroxylation is 1. The molecule has 1 heterocycles. The van der Waals surface area contributed by atoms with Gasteiger partial charge in [-0.2, -0.15) is 5.10 Å². The predicted molar refractivity (Wildman–Crippen MR) is 70.8 cm³/mol. The molecule has 0 radical (unpaired) electrons. The third kappa shape index (κ3) is 2.83. The van der Waals surface area contributed by atoms with Gasteiger partial charge >= 0.3 is 5.69 Å². The largest absolute Gasteiger partial charge is 0.368 e. The maximum absolute atomic E-state index is 11.3. The molecule has 1 aromatic heterocycles. The molecule has 1 aromatic rings. The Morgan fingerprint density at radius 3 is 2.42 bits per heavy atom. The van der Waals surface area contributed by atoms with Crippen molar-refractivity contribution < 1.29 is 9.72 Å². The van der Waals surface area contributed by atoms with Crippen LogP contribution in [-0.4, -0.2) is 26.1 Å². The monoisotopic (exact) mass is 269 g/mol. The molecule has 0 saturated heterocycles. The lowest BCUT2D eigenvalue weighted by molar-refractivity contribution is -0.384. The summed E-state index contributed by atoms with van der Waals surface area (Å²) < 4.78 is 1.36. The number of anilines is 1. The standard InChI is InChI=1S/C11H19N5O3/c1-6(2)7-8(16(18)19)9(15(5)14-7)13-11(3,4)10(12)17/h6,13H,1-5H3,(H2,12,17). The van der Waals surface area contributed by atoms with Gasteiger partial charge in [0.2, 0.25) is 11.7 Å². The van der Waals surface area contributed by atoms with Crippen molar-refractivity contribution in [2.75, 3.05) is 5.32 Å². The number of nitrogens with one attached hydrogen (secondary N) is 1. The summed E-state index contributed by atoms with van der Waals surface area (Å²) in [4.78, 5) is 22.0. The highest BCUT2D eigenvalue weighted by molar-refractivity contribution is 5.87. The Bertz CT molecular complexity index is 519. The molecule has 1 amide bonds. The molecule has 3 N–H and O–H groups in total. The van der Waals surface area contributed by atoms with E-state index in [1.807, 2.05) is 13.8 Å². The zero-order valence-corrected chi connectivity index (χ0v) is 11.7. The summed E-state index contributed by atoms with van der Waals surface area (Å²) in [5.74, 6) is -0.523. The molecular formula is C11H19N5O3. The molecule has 0 aliphatic carbocycles. The molecule has 8 heteroatoms. The SMILES string of the molecule is CC(C)c1nn(C)c(NC(C)(C)C(N)=O)c1[N+](=O)[O-]. The summed E-state index contributed by atoms with van der Waals surface area (Å²) in [5.41, 5.74) is 4.41. The molecule has 0 aliphatic rings. The normalized spacial score (nSPS) is 11.7. The van der Waals surface area contributed by atoms with Crippen molar-refractivity contribution in [2.24, 2.45) is 12.8 Å². The first-order valence-corrected chi connectivity index (χ1v) is 5.87. The Kier molecular flexibility index (Phi) is 3.83. The summed E-state index contributed by atoms with van der Waals surface area (Å²) in [5, 5.41) is 18.1. The fourth-order valence-corrected chi connectivity index (χ4v) is 1.60. The molecule has 0 fully saturated rings. The molecule has 0 unspecified atom stereocenters. The number of nitrogens with two attached hydrogens (primary N) is 1. The quantitative estimate of drug-likeness (QED) is 0.614. The molecule has 0 bridgehead atoms. The average molecular weight is 269 g/mol. The molecule has 0 saturated carbocycles. The van der Waals surface area contributed by atoms with Crippen LogP contribution in [0.1, 0.15) is 39.3 Å². The van der Waals surface area contributed by atoms with E-state index < -0.39 is 16.4 Å². The van der Waals surface area contributed by atoms with Crippen molar-refractivity contribution in [1.29, 1.82) is 0 Å². The second-order valence-corrected chi connectivity index (χ2v) is 5.23. The Labute approximate surface area is 111 Å². The van der Waals surface area contributed by atoms with E-state index >= 15 is 0 Å². The van der Waals surface area contributed by atoms with Crippen molar-refractivity contribution in [2.45, 2.75) is 39.2 Å². The Balaban J connectivity index is 3.35. The number of hydrogen-bond donors (Lipinski definition) is 2. The van der Waals surface area contributed by atoms with E-state index in [0.717, 1.165) is 0 Å². The van der Waals surface area contributed by atoms with Crippen molar-refractivity contribution in [1.82, 2.24) is 9.78 Å². The number of amides is 1. The zero-order valence-electron chi connectivity index (χ0n) is 11.7. The van der Waals surface area contributed by atoms with E-state index in [0.29, 0.717) is 5.69 Å². The van der Waals surface area contributed by atoms with Crippen LogP contribution >= 0.6 is 0 Å². The number of nitrogens with zero attached hydrogens (tertiary/aromatic N) is 3. The van der Waals surface area contributed by atoms with Gasteiger partial charge in [-0.1, -0.05) is 13.8 Å². The number of rotatable bonds is 5. The van der Waals surface area contributed by atoms with Crippen molar-refractivity contribution in [3.8, 4) is 0 Å². The fraction of sp³-hybridized carbons (Fsp3) is 0.636. The van der Waals surface area contributed by atoms with Gasteiger partial charge in [0, 0.05) is 13.0 Å². The van der Waals surface area contributed by atoms with Crippen LogP contribution in [0.2, 0.25) is 0 Å². The van der Waals surface area contributed by atoms with Gasteiger partial charge in [-0.15, -0.1) is 0 Å². The molecule has 0 aliphatic heterocycles.